The van der Waals surface area contributed by atoms with Crippen molar-refractivity contribution in [2.75, 3.05) is 13.2 Å². The molecule has 0 aliphatic heterocycles. The van der Waals surface area contributed by atoms with E-state index in [4.69, 9.17) is 4.74 Å². The first-order valence-corrected chi connectivity index (χ1v) is 7.00. The van der Waals surface area contributed by atoms with Crippen LogP contribution >= 0.6 is 0 Å². The van der Waals surface area contributed by atoms with Crippen LogP contribution < -0.4 is 0 Å². The Labute approximate surface area is 112 Å². The van der Waals surface area contributed by atoms with Crippen LogP contribution in [0, 0.1) is 11.3 Å². The molecule has 5 heteroatoms. The van der Waals surface area contributed by atoms with Gasteiger partial charge in [-0.3, -0.25) is 4.79 Å². The predicted molar refractivity (Wildman–Crippen MR) is 66.1 cm³/mol. The van der Waals surface area contributed by atoms with E-state index in [1.54, 1.807) is 0 Å². The Bertz CT molecular complexity index is 336. The third-order valence-corrected chi connectivity index (χ3v) is 4.78. The highest BCUT2D eigenvalue weighted by atomic mass is 19.3. The molecule has 2 aliphatic carbocycles. The van der Waals surface area contributed by atoms with Gasteiger partial charge in [0.2, 0.25) is 0 Å². The minimum Gasteiger partial charge on any atom is -0.387 e. The van der Waals surface area contributed by atoms with Gasteiger partial charge >= 0.3 is 0 Å². The molecular formula is C14H22F2O3. The normalized spacial score (nSPS) is 39.4. The summed E-state index contributed by atoms with van der Waals surface area (Å²) in [5.41, 5.74) is -1.29. The minimum absolute atomic E-state index is 0.0584. The van der Waals surface area contributed by atoms with Crippen molar-refractivity contribution in [3.8, 4) is 0 Å². The standard InChI is InChI=1S/C14H22F2O3/c1-10-2-3-13(12(10)17)4-6-14(18,7-5-13)9-19-8-11(15)16/h10-11,18H,2-9H2,1H3. The average molecular weight is 276 g/mol. The second-order valence-corrected chi connectivity index (χ2v) is 6.21. The van der Waals surface area contributed by atoms with Crippen molar-refractivity contribution in [2.24, 2.45) is 11.3 Å². The molecule has 2 saturated carbocycles. The number of halogens is 2. The molecule has 0 aromatic heterocycles. The maximum atomic E-state index is 12.2. The van der Waals surface area contributed by atoms with Gasteiger partial charge in [0.15, 0.2) is 0 Å². The largest absolute Gasteiger partial charge is 0.387 e. The molecule has 0 amide bonds. The van der Waals surface area contributed by atoms with Gasteiger partial charge in [-0.2, -0.15) is 0 Å². The molecule has 1 unspecified atom stereocenters. The van der Waals surface area contributed by atoms with E-state index < -0.39 is 18.6 Å². The fourth-order valence-electron chi connectivity index (χ4n) is 3.44. The number of carbonyl (C=O) groups excluding carboxylic acids is 1. The highest BCUT2D eigenvalue weighted by Crippen LogP contribution is 2.50. The maximum absolute atomic E-state index is 12.2. The van der Waals surface area contributed by atoms with E-state index >= 15 is 0 Å². The molecule has 110 valence electrons. The van der Waals surface area contributed by atoms with Gasteiger partial charge in [0.05, 0.1) is 12.2 Å². The summed E-state index contributed by atoms with van der Waals surface area (Å²) in [7, 11) is 0. The van der Waals surface area contributed by atoms with E-state index in [9.17, 15) is 18.7 Å². The van der Waals surface area contributed by atoms with Crippen LogP contribution in [0.1, 0.15) is 45.4 Å². The first-order valence-electron chi connectivity index (χ1n) is 7.00. The van der Waals surface area contributed by atoms with Crippen LogP contribution in [0.2, 0.25) is 0 Å². The first kappa shape index (κ1) is 14.9. The van der Waals surface area contributed by atoms with Crippen LogP contribution in [0.3, 0.4) is 0 Å². The molecule has 3 nitrogen and oxygen atoms in total. The topological polar surface area (TPSA) is 46.5 Å². The van der Waals surface area contributed by atoms with Gasteiger partial charge < -0.3 is 9.84 Å². The smallest absolute Gasteiger partial charge is 0.261 e. The van der Waals surface area contributed by atoms with Crippen molar-refractivity contribution in [3.05, 3.63) is 0 Å². The zero-order valence-electron chi connectivity index (χ0n) is 11.3. The van der Waals surface area contributed by atoms with E-state index in [1.165, 1.54) is 0 Å². The summed E-state index contributed by atoms with van der Waals surface area (Å²) in [6.07, 6.45) is 1.58. The Morgan fingerprint density at radius 2 is 1.95 bits per heavy atom. The summed E-state index contributed by atoms with van der Waals surface area (Å²) in [5.74, 6) is 0.448. The van der Waals surface area contributed by atoms with Crippen molar-refractivity contribution in [2.45, 2.75) is 57.5 Å². The second kappa shape index (κ2) is 5.44. The number of hydrogen-bond acceptors (Lipinski definition) is 3. The SMILES string of the molecule is CC1CCC2(CCC(O)(COCC(F)F)CC2)C1=O. The molecule has 0 aromatic rings. The van der Waals surface area contributed by atoms with E-state index in [0.29, 0.717) is 31.5 Å². The first-order chi connectivity index (χ1) is 8.87. The van der Waals surface area contributed by atoms with Crippen molar-refractivity contribution in [1.29, 1.82) is 0 Å². The minimum atomic E-state index is -2.50. The number of alkyl halides is 2. The summed E-state index contributed by atoms with van der Waals surface area (Å²) < 4.78 is 28.8. The lowest BCUT2D eigenvalue weighted by atomic mass is 9.67. The highest BCUT2D eigenvalue weighted by Gasteiger charge is 2.50. The summed E-state index contributed by atoms with van der Waals surface area (Å²) in [4.78, 5) is 12.2. The van der Waals surface area contributed by atoms with Gasteiger partial charge in [-0.05, 0) is 38.5 Å². The molecular weight excluding hydrogens is 254 g/mol. The molecule has 2 rings (SSSR count). The lowest BCUT2D eigenvalue weighted by Crippen LogP contribution is -2.44. The molecule has 0 radical (unpaired) electrons. The van der Waals surface area contributed by atoms with Crippen LogP contribution in [0.15, 0.2) is 0 Å². The lowest BCUT2D eigenvalue weighted by molar-refractivity contribution is -0.137. The number of aliphatic hydroxyl groups is 1. The Kier molecular flexibility index (Phi) is 4.26. The van der Waals surface area contributed by atoms with E-state index in [1.807, 2.05) is 6.92 Å². The van der Waals surface area contributed by atoms with E-state index in [0.717, 1.165) is 12.8 Å². The zero-order chi connectivity index (χ0) is 14.1. The molecule has 0 aromatic carbocycles. The number of ether oxygens (including phenoxy) is 1. The van der Waals surface area contributed by atoms with Crippen LogP contribution in [0.4, 0.5) is 8.78 Å². The number of ketones is 1. The van der Waals surface area contributed by atoms with E-state index in [2.05, 4.69) is 0 Å². The molecule has 1 N–H and O–H groups in total. The predicted octanol–water partition coefficient (Wildman–Crippen LogP) is 2.56. The molecule has 0 heterocycles. The molecule has 0 saturated heterocycles. The summed E-state index contributed by atoms with van der Waals surface area (Å²) in [5, 5.41) is 10.3. The number of carbonyl (C=O) groups is 1. The van der Waals surface area contributed by atoms with Crippen molar-refractivity contribution in [1.82, 2.24) is 0 Å². The Hall–Kier alpha value is -0.550. The average Bonchev–Trinajstić information content (AvgIpc) is 2.62. The number of Topliss-reactive ketones (excluding diaryl/α,β-unsaturated/α-hetero) is 1. The third-order valence-electron chi connectivity index (χ3n) is 4.78. The highest BCUT2D eigenvalue weighted by molar-refractivity contribution is 5.88. The van der Waals surface area contributed by atoms with Gasteiger partial charge in [0.25, 0.3) is 6.43 Å². The Balaban J connectivity index is 1.86. The van der Waals surface area contributed by atoms with Gasteiger partial charge in [-0.25, -0.2) is 8.78 Å². The fraction of sp³-hybridized carbons (Fsp3) is 0.929. The van der Waals surface area contributed by atoms with Crippen LogP contribution in [0.5, 0.6) is 0 Å². The monoisotopic (exact) mass is 276 g/mol. The lowest BCUT2D eigenvalue weighted by Gasteiger charge is -2.41. The van der Waals surface area contributed by atoms with Crippen molar-refractivity contribution >= 4 is 5.78 Å². The zero-order valence-corrected chi connectivity index (χ0v) is 11.3. The Morgan fingerprint density at radius 3 is 2.42 bits per heavy atom. The third kappa shape index (κ3) is 3.14. The number of rotatable bonds is 4. The van der Waals surface area contributed by atoms with Crippen molar-refractivity contribution in [3.63, 3.8) is 0 Å². The molecule has 0 bridgehead atoms. The fourth-order valence-corrected chi connectivity index (χ4v) is 3.44. The summed E-state index contributed by atoms with van der Waals surface area (Å²) in [6, 6.07) is 0. The second-order valence-electron chi connectivity index (χ2n) is 6.21. The van der Waals surface area contributed by atoms with Gasteiger partial charge in [0, 0.05) is 11.3 Å². The number of hydrogen-bond donors (Lipinski definition) is 1. The van der Waals surface area contributed by atoms with Crippen LogP contribution in [-0.2, 0) is 9.53 Å². The molecule has 1 atom stereocenters. The molecule has 19 heavy (non-hydrogen) atoms. The van der Waals surface area contributed by atoms with Crippen molar-refractivity contribution < 1.29 is 23.4 Å². The van der Waals surface area contributed by atoms with Crippen LogP contribution in [-0.4, -0.2) is 36.1 Å². The van der Waals surface area contributed by atoms with E-state index in [-0.39, 0.29) is 17.9 Å². The summed E-state index contributed by atoms with van der Waals surface area (Å²) >= 11 is 0. The summed E-state index contributed by atoms with van der Waals surface area (Å²) in [6.45, 7) is 1.27. The van der Waals surface area contributed by atoms with Crippen LogP contribution in [0.25, 0.3) is 0 Å². The molecule has 1 spiro atoms. The van der Waals surface area contributed by atoms with Gasteiger partial charge in [-0.15, -0.1) is 0 Å². The van der Waals surface area contributed by atoms with Gasteiger partial charge in [0.1, 0.15) is 12.4 Å². The maximum Gasteiger partial charge on any atom is 0.261 e. The molecule has 2 fully saturated rings. The van der Waals surface area contributed by atoms with Gasteiger partial charge in [-0.1, -0.05) is 6.92 Å². The Morgan fingerprint density at radius 1 is 1.32 bits per heavy atom. The molecule has 2 aliphatic rings. The quantitative estimate of drug-likeness (QED) is 0.858.